The monoisotopic (exact) mass is 436 g/mol. The highest BCUT2D eigenvalue weighted by molar-refractivity contribution is 7.89. The summed E-state index contributed by atoms with van der Waals surface area (Å²) in [6.45, 7) is 5.40. The first-order valence-electron chi connectivity index (χ1n) is 9.48. The second-order valence-electron chi connectivity index (χ2n) is 6.57. The van der Waals surface area contributed by atoms with Crippen molar-refractivity contribution in [3.63, 3.8) is 0 Å². The number of aryl methyl sites for hydroxylation is 1. The minimum Gasteiger partial charge on any atom is -0.452 e. The van der Waals surface area contributed by atoms with Crippen molar-refractivity contribution in [2.24, 2.45) is 0 Å². The maximum absolute atomic E-state index is 14.1. The Balaban J connectivity index is 2.02. The van der Waals surface area contributed by atoms with Crippen LogP contribution in [0.3, 0.4) is 0 Å². The smallest absolute Gasteiger partial charge is 0.341 e. The molecule has 0 aliphatic heterocycles. The molecule has 0 fully saturated rings. The number of nitrogens with zero attached hydrogens (tertiary/aromatic N) is 1. The lowest BCUT2D eigenvalue weighted by atomic mass is 10.1. The molecule has 0 atom stereocenters. The van der Waals surface area contributed by atoms with Crippen molar-refractivity contribution in [2.75, 3.05) is 19.7 Å². The molecule has 0 spiro atoms. The quantitative estimate of drug-likeness (QED) is 0.610. The van der Waals surface area contributed by atoms with Crippen molar-refractivity contribution >= 4 is 21.9 Å². The van der Waals surface area contributed by atoms with Crippen LogP contribution in [0, 0.1) is 12.7 Å². The molecular weight excluding hydrogens is 411 g/mol. The molecule has 2 aromatic carbocycles. The predicted molar refractivity (Wildman–Crippen MR) is 110 cm³/mol. The van der Waals surface area contributed by atoms with Gasteiger partial charge in [-0.25, -0.2) is 17.6 Å². The minimum atomic E-state index is -3.87. The number of hydrogen-bond donors (Lipinski definition) is 1. The van der Waals surface area contributed by atoms with Crippen LogP contribution in [0.1, 0.15) is 35.3 Å². The molecular formula is C21H25FN2O5S. The Morgan fingerprint density at radius 1 is 1.07 bits per heavy atom. The fraction of sp³-hybridized carbons (Fsp3) is 0.333. The summed E-state index contributed by atoms with van der Waals surface area (Å²) >= 11 is 0. The number of carbonyl (C=O) groups is 2. The number of carbonyl (C=O) groups excluding carboxylic acids is 2. The molecule has 2 rings (SSSR count). The zero-order valence-corrected chi connectivity index (χ0v) is 18.0. The Hall–Kier alpha value is -2.78. The summed E-state index contributed by atoms with van der Waals surface area (Å²) in [4.78, 5) is 23.9. The number of sulfonamides is 1. The van der Waals surface area contributed by atoms with Crippen LogP contribution in [-0.4, -0.2) is 44.3 Å². The first-order chi connectivity index (χ1) is 14.2. The third-order valence-corrected chi connectivity index (χ3v) is 6.49. The van der Waals surface area contributed by atoms with E-state index in [4.69, 9.17) is 4.74 Å². The van der Waals surface area contributed by atoms with Gasteiger partial charge in [-0.15, -0.1) is 0 Å². The van der Waals surface area contributed by atoms with Gasteiger partial charge in [-0.3, -0.25) is 4.79 Å². The number of nitrogens with one attached hydrogen (secondary N) is 1. The molecule has 0 heterocycles. The Morgan fingerprint density at radius 2 is 1.70 bits per heavy atom. The van der Waals surface area contributed by atoms with Gasteiger partial charge in [-0.1, -0.05) is 43.7 Å². The lowest BCUT2D eigenvalue weighted by molar-refractivity contribution is -0.124. The number of halogens is 1. The van der Waals surface area contributed by atoms with Gasteiger partial charge in [0, 0.05) is 19.6 Å². The van der Waals surface area contributed by atoms with Crippen LogP contribution in [0.4, 0.5) is 4.39 Å². The van der Waals surface area contributed by atoms with E-state index in [9.17, 15) is 22.4 Å². The molecule has 2 aromatic rings. The molecule has 0 saturated heterocycles. The van der Waals surface area contributed by atoms with Gasteiger partial charge in [-0.05, 0) is 30.7 Å². The normalized spacial score (nSPS) is 11.4. The number of amides is 1. The molecule has 0 bridgehead atoms. The van der Waals surface area contributed by atoms with Gasteiger partial charge in [-0.2, -0.15) is 4.31 Å². The molecule has 1 amide bonds. The molecule has 0 unspecified atom stereocenters. The van der Waals surface area contributed by atoms with Gasteiger partial charge >= 0.3 is 5.97 Å². The zero-order chi connectivity index (χ0) is 22.3. The van der Waals surface area contributed by atoms with Crippen molar-refractivity contribution in [1.29, 1.82) is 0 Å². The summed E-state index contributed by atoms with van der Waals surface area (Å²) in [6.07, 6.45) is 0. The third-order valence-electron chi connectivity index (χ3n) is 4.45. The lowest BCUT2D eigenvalue weighted by Gasteiger charge is -2.18. The molecule has 162 valence electrons. The molecule has 0 aliphatic rings. The van der Waals surface area contributed by atoms with Crippen LogP contribution >= 0.6 is 0 Å². The van der Waals surface area contributed by atoms with E-state index in [2.05, 4.69) is 5.32 Å². The van der Waals surface area contributed by atoms with E-state index in [0.717, 1.165) is 29.3 Å². The van der Waals surface area contributed by atoms with Crippen LogP contribution in [0.2, 0.25) is 0 Å². The van der Waals surface area contributed by atoms with Crippen molar-refractivity contribution < 1.29 is 27.1 Å². The topological polar surface area (TPSA) is 92.8 Å². The van der Waals surface area contributed by atoms with Crippen molar-refractivity contribution in [1.82, 2.24) is 9.62 Å². The van der Waals surface area contributed by atoms with E-state index in [-0.39, 0.29) is 24.5 Å². The number of benzene rings is 2. The third kappa shape index (κ3) is 5.87. The average molecular weight is 437 g/mol. The van der Waals surface area contributed by atoms with Gasteiger partial charge in [0.1, 0.15) is 5.82 Å². The molecule has 0 aromatic heterocycles. The standard InChI is InChI=1S/C21H25FN2O5S/c1-4-24(5-2)30(27,28)17-10-11-19(22)18(12-17)21(26)29-14-20(25)23-13-16-8-6-15(3)7-9-16/h6-12H,4-5,13-14H2,1-3H3,(H,23,25). The maximum Gasteiger partial charge on any atom is 0.341 e. The van der Waals surface area contributed by atoms with Gasteiger partial charge in [0.15, 0.2) is 6.61 Å². The summed E-state index contributed by atoms with van der Waals surface area (Å²) < 4.78 is 45.3. The summed E-state index contributed by atoms with van der Waals surface area (Å²) in [5.74, 6) is -2.61. The Bertz CT molecular complexity index is 1000. The van der Waals surface area contributed by atoms with E-state index >= 15 is 0 Å². The Morgan fingerprint density at radius 3 is 2.30 bits per heavy atom. The fourth-order valence-electron chi connectivity index (χ4n) is 2.70. The zero-order valence-electron chi connectivity index (χ0n) is 17.1. The van der Waals surface area contributed by atoms with Gasteiger partial charge in [0.25, 0.3) is 5.91 Å². The maximum atomic E-state index is 14.1. The summed E-state index contributed by atoms with van der Waals surface area (Å²) in [6, 6.07) is 10.4. The minimum absolute atomic E-state index is 0.219. The van der Waals surface area contributed by atoms with Gasteiger partial charge < -0.3 is 10.1 Å². The van der Waals surface area contributed by atoms with Crippen LogP contribution in [0.5, 0.6) is 0 Å². The van der Waals surface area contributed by atoms with Crippen molar-refractivity contribution in [2.45, 2.75) is 32.2 Å². The molecule has 0 aliphatic carbocycles. The highest BCUT2D eigenvalue weighted by Gasteiger charge is 2.25. The molecule has 0 saturated carbocycles. The molecule has 30 heavy (non-hydrogen) atoms. The molecule has 9 heteroatoms. The van der Waals surface area contributed by atoms with E-state index in [0.29, 0.717) is 0 Å². The SMILES string of the molecule is CCN(CC)S(=O)(=O)c1ccc(F)c(C(=O)OCC(=O)NCc2ccc(C)cc2)c1. The van der Waals surface area contributed by atoms with E-state index in [1.165, 1.54) is 4.31 Å². The molecule has 1 N–H and O–H groups in total. The summed E-state index contributed by atoms with van der Waals surface area (Å²) in [5, 5.41) is 2.59. The van der Waals surface area contributed by atoms with E-state index in [1.807, 2.05) is 31.2 Å². The number of esters is 1. The van der Waals surface area contributed by atoms with Gasteiger partial charge in [0.05, 0.1) is 10.5 Å². The van der Waals surface area contributed by atoms with Crippen LogP contribution in [0.15, 0.2) is 47.4 Å². The highest BCUT2D eigenvalue weighted by atomic mass is 32.2. The van der Waals surface area contributed by atoms with Crippen molar-refractivity contribution in [3.8, 4) is 0 Å². The van der Waals surface area contributed by atoms with Crippen LogP contribution in [-0.2, 0) is 26.1 Å². The fourth-order valence-corrected chi connectivity index (χ4v) is 4.19. The number of hydrogen-bond acceptors (Lipinski definition) is 5. The number of rotatable bonds is 9. The Kier molecular flexibility index (Phi) is 8.08. The molecule has 7 nitrogen and oxygen atoms in total. The average Bonchev–Trinajstić information content (AvgIpc) is 2.72. The number of ether oxygens (including phenoxy) is 1. The van der Waals surface area contributed by atoms with Crippen LogP contribution < -0.4 is 5.32 Å². The summed E-state index contributed by atoms with van der Waals surface area (Å²) in [7, 11) is -3.87. The second kappa shape index (κ2) is 10.3. The van der Waals surface area contributed by atoms with Crippen LogP contribution in [0.25, 0.3) is 0 Å². The van der Waals surface area contributed by atoms with E-state index < -0.39 is 39.9 Å². The summed E-state index contributed by atoms with van der Waals surface area (Å²) in [5.41, 5.74) is 1.42. The Labute approximate surface area is 175 Å². The first-order valence-corrected chi connectivity index (χ1v) is 10.9. The highest BCUT2D eigenvalue weighted by Crippen LogP contribution is 2.20. The van der Waals surface area contributed by atoms with E-state index in [1.54, 1.807) is 13.8 Å². The van der Waals surface area contributed by atoms with Crippen molar-refractivity contribution in [3.05, 3.63) is 65.0 Å². The molecule has 0 radical (unpaired) electrons. The van der Waals surface area contributed by atoms with Gasteiger partial charge in [0.2, 0.25) is 10.0 Å². The predicted octanol–water partition coefficient (Wildman–Crippen LogP) is 2.64. The largest absolute Gasteiger partial charge is 0.452 e. The first kappa shape index (κ1) is 23.5. The lowest BCUT2D eigenvalue weighted by Crippen LogP contribution is -2.31. The second-order valence-corrected chi connectivity index (χ2v) is 8.51.